The molecule has 0 nitrogen and oxygen atoms in total. The van der Waals surface area contributed by atoms with Crippen LogP contribution in [0.25, 0.3) is 11.1 Å². The van der Waals surface area contributed by atoms with Crippen molar-refractivity contribution < 1.29 is 45.2 Å². The fraction of sp³-hybridized carbons (Fsp3) is 0.556. The maximum Gasteiger partial charge on any atom is -1.00 e. The molecule has 2 aliphatic rings. The van der Waals surface area contributed by atoms with Crippen LogP contribution in [0.5, 0.6) is 0 Å². The number of hydrogen-bond acceptors (Lipinski definition) is 0. The SMILES string of the molecule is C[Si](C)=[Zr+2]([C]1=CC=CC1)[c]1c2c(cc(C(C)(C)C)c1C(C)(C)C)-c1cc(C(C)(C)C)c(C(C)(C)C)cc1C2.[Cl-].[Cl-]. The van der Waals surface area contributed by atoms with Crippen molar-refractivity contribution in [3.63, 3.8) is 0 Å². The Morgan fingerprint density at radius 3 is 1.57 bits per heavy atom. The quantitative estimate of drug-likeness (QED) is 0.363. The normalized spacial score (nSPS) is 14.5. The summed E-state index contributed by atoms with van der Waals surface area (Å²) in [5, 5.41) is 0. The van der Waals surface area contributed by atoms with E-state index in [4.69, 9.17) is 0 Å². The molecule has 0 heterocycles. The molecule has 0 radical (unpaired) electrons. The molecular weight excluding hydrogens is 623 g/mol. The van der Waals surface area contributed by atoms with E-state index >= 15 is 0 Å². The molecule has 4 heteroatoms. The Labute approximate surface area is 266 Å². The Kier molecular flexibility index (Phi) is 10.7. The minimum absolute atomic E-state index is 0. The van der Waals surface area contributed by atoms with Crippen LogP contribution in [-0.4, -0.2) is 5.43 Å². The van der Waals surface area contributed by atoms with Gasteiger partial charge in [0.05, 0.1) is 0 Å². The number of allylic oxidation sites excluding steroid dienone is 4. The van der Waals surface area contributed by atoms with Crippen molar-refractivity contribution in [2.75, 3.05) is 0 Å². The zero-order valence-electron chi connectivity index (χ0n) is 27.6. The van der Waals surface area contributed by atoms with Gasteiger partial charge in [-0.05, 0) is 0 Å². The van der Waals surface area contributed by atoms with Gasteiger partial charge < -0.3 is 24.8 Å². The topological polar surface area (TPSA) is 0 Å². The molecule has 0 fully saturated rings. The molecule has 0 aliphatic heterocycles. The number of benzene rings is 2. The summed E-state index contributed by atoms with van der Waals surface area (Å²) in [4.78, 5) is 0. The van der Waals surface area contributed by atoms with Crippen LogP contribution in [0.3, 0.4) is 0 Å². The fourth-order valence-electron chi connectivity index (χ4n) is 6.63. The Morgan fingerprint density at radius 2 is 1.15 bits per heavy atom. The van der Waals surface area contributed by atoms with Crippen molar-refractivity contribution >= 4 is 8.70 Å². The van der Waals surface area contributed by atoms with Crippen LogP contribution in [0.4, 0.5) is 0 Å². The molecule has 40 heavy (non-hydrogen) atoms. The maximum atomic E-state index is 2.65. The monoisotopic (exact) mass is 672 g/mol. The van der Waals surface area contributed by atoms with Gasteiger partial charge in [-0.1, -0.05) is 0 Å². The van der Waals surface area contributed by atoms with Gasteiger partial charge in [0.1, 0.15) is 0 Å². The summed E-state index contributed by atoms with van der Waals surface area (Å²) < 4.78 is 3.70. The summed E-state index contributed by atoms with van der Waals surface area (Å²) in [5.41, 5.74) is 12.8. The number of halogens is 2. The second-order valence-electron chi connectivity index (χ2n) is 16.1. The number of fused-ring (bicyclic) bond motifs is 3. The predicted octanol–water partition coefficient (Wildman–Crippen LogP) is 3.79. The van der Waals surface area contributed by atoms with Gasteiger partial charge in [0.15, 0.2) is 0 Å². The molecule has 0 atom stereocenters. The van der Waals surface area contributed by atoms with E-state index in [9.17, 15) is 0 Å². The van der Waals surface area contributed by atoms with Crippen LogP contribution in [-0.2, 0) is 48.4 Å². The van der Waals surface area contributed by atoms with Gasteiger partial charge in [-0.3, -0.25) is 0 Å². The smallest absolute Gasteiger partial charge is 1.00 e. The number of rotatable bonds is 2. The average Bonchev–Trinajstić information content (AvgIpc) is 3.37. The van der Waals surface area contributed by atoms with Gasteiger partial charge in [0, 0.05) is 0 Å². The molecule has 218 valence electrons. The standard InChI is InChI=1S/C29H41.C5H5.C2H6Si.2ClH.Zr/c1-26(2,3)22-14-18-13-19-15-23(27(4,5)6)25(29(10,11)12)17-21(19)20(18)16-24(22)28(7,8)9;1-2-4-5-3-1;1-3-2;;;/h14,16-17H,13H2,1-12H3;1-3H,4H2;1-2H3;2*1H;/q;;;;;+2/p-2. The van der Waals surface area contributed by atoms with E-state index in [-0.39, 0.29) is 46.5 Å². The molecule has 0 N–H and O–H groups in total. The van der Waals surface area contributed by atoms with Gasteiger partial charge in [0.25, 0.3) is 0 Å². The van der Waals surface area contributed by atoms with E-state index in [1.165, 1.54) is 23.1 Å². The Morgan fingerprint density at radius 1 is 0.650 bits per heavy atom. The Hall–Kier alpha value is -0.400. The first-order valence-corrected chi connectivity index (χ1v) is 23.3. The molecule has 2 aromatic rings. The summed E-state index contributed by atoms with van der Waals surface area (Å²) >= 11 is -2.10. The third-order valence-corrected chi connectivity index (χ3v) is 25.2. The van der Waals surface area contributed by atoms with Crippen LogP contribution in [0.15, 0.2) is 39.7 Å². The average molecular weight is 675 g/mol. The molecule has 0 amide bonds. The van der Waals surface area contributed by atoms with E-state index in [0.717, 1.165) is 6.42 Å². The first kappa shape index (κ1) is 35.8. The molecule has 0 spiro atoms. The Bertz CT molecular complexity index is 1390. The van der Waals surface area contributed by atoms with Crippen molar-refractivity contribution in [2.24, 2.45) is 0 Å². The molecule has 0 saturated heterocycles. The van der Waals surface area contributed by atoms with Crippen LogP contribution in [0.1, 0.15) is 123 Å². The van der Waals surface area contributed by atoms with E-state index < -0.39 is 25.8 Å². The zero-order chi connectivity index (χ0) is 28.6. The van der Waals surface area contributed by atoms with Gasteiger partial charge in [-0.2, -0.15) is 0 Å². The fourth-order valence-corrected chi connectivity index (χ4v) is 24.3. The van der Waals surface area contributed by atoms with Crippen molar-refractivity contribution in [1.29, 1.82) is 0 Å². The molecule has 2 aliphatic carbocycles. The summed E-state index contributed by atoms with van der Waals surface area (Å²) in [6, 6.07) is 7.86. The largest absolute Gasteiger partial charge is 1.00 e. The van der Waals surface area contributed by atoms with Crippen molar-refractivity contribution in [3.05, 3.63) is 73.1 Å². The number of hydrogen-bond donors (Lipinski definition) is 0. The minimum Gasteiger partial charge on any atom is -1.00 e. The summed E-state index contributed by atoms with van der Waals surface area (Å²) in [5.74, 6) is 0. The van der Waals surface area contributed by atoms with E-state index in [2.05, 4.69) is 133 Å². The van der Waals surface area contributed by atoms with Crippen molar-refractivity contribution in [3.8, 4) is 11.1 Å². The van der Waals surface area contributed by atoms with Crippen molar-refractivity contribution in [2.45, 2.75) is 131 Å². The summed E-state index contributed by atoms with van der Waals surface area (Å²) in [6.45, 7) is 34.3. The van der Waals surface area contributed by atoms with Gasteiger partial charge >= 0.3 is 244 Å². The first-order valence-electron chi connectivity index (χ1n) is 14.7. The third kappa shape index (κ3) is 6.72. The molecule has 4 rings (SSSR count). The van der Waals surface area contributed by atoms with Gasteiger partial charge in [-0.25, -0.2) is 0 Å². The van der Waals surface area contributed by atoms with E-state index in [1.54, 1.807) is 27.8 Å². The third-order valence-electron chi connectivity index (χ3n) is 8.35. The maximum absolute atomic E-state index is 2.65. The van der Waals surface area contributed by atoms with Gasteiger partial charge in [-0.15, -0.1) is 0 Å². The predicted molar refractivity (Wildman–Crippen MR) is 168 cm³/mol. The van der Waals surface area contributed by atoms with Crippen LogP contribution >= 0.6 is 0 Å². The first-order chi connectivity index (χ1) is 17.2. The molecule has 0 bridgehead atoms. The Balaban J connectivity index is 0.00000280. The zero-order valence-corrected chi connectivity index (χ0v) is 32.6. The van der Waals surface area contributed by atoms with Crippen molar-refractivity contribution in [1.82, 2.24) is 0 Å². The molecule has 0 aromatic heterocycles. The minimum atomic E-state index is -2.10. The molecule has 2 aromatic carbocycles. The molecular formula is C36H52Cl2SiZr. The second kappa shape index (κ2) is 11.9. The van der Waals surface area contributed by atoms with Crippen LogP contribution in [0.2, 0.25) is 13.1 Å². The second-order valence-corrected chi connectivity index (χ2v) is 33.1. The van der Waals surface area contributed by atoms with E-state index in [0.29, 0.717) is 0 Å². The van der Waals surface area contributed by atoms with Gasteiger partial charge in [0.2, 0.25) is 0 Å². The summed E-state index contributed by atoms with van der Waals surface area (Å²) in [7, 11) is 0. The van der Waals surface area contributed by atoms with Crippen LogP contribution in [0, 0.1) is 0 Å². The molecule has 0 unspecified atom stereocenters. The summed E-state index contributed by atoms with van der Waals surface area (Å²) in [6.07, 6.45) is 9.57. The van der Waals surface area contributed by atoms with Crippen LogP contribution < -0.4 is 28.1 Å². The molecule has 0 saturated carbocycles. The van der Waals surface area contributed by atoms with E-state index in [1.807, 2.05) is 6.55 Å².